The summed E-state index contributed by atoms with van der Waals surface area (Å²) in [6.07, 6.45) is 1.45. The highest BCUT2D eigenvalue weighted by atomic mass is 19.1. The van der Waals surface area contributed by atoms with Crippen LogP contribution in [0.1, 0.15) is 12.5 Å². The molecular formula is C15H18FNO4. The van der Waals surface area contributed by atoms with Crippen LogP contribution in [0, 0.1) is 5.82 Å². The van der Waals surface area contributed by atoms with Crippen molar-refractivity contribution >= 4 is 18.0 Å². The van der Waals surface area contributed by atoms with Gasteiger partial charge in [-0.2, -0.15) is 0 Å². The van der Waals surface area contributed by atoms with Gasteiger partial charge in [0.1, 0.15) is 5.82 Å². The van der Waals surface area contributed by atoms with E-state index in [1.165, 1.54) is 32.2 Å². The molecule has 0 saturated heterocycles. The van der Waals surface area contributed by atoms with Crippen molar-refractivity contribution < 1.29 is 23.5 Å². The number of methoxy groups -OCH3 is 1. The minimum atomic E-state index is -0.931. The number of carbonyl (C=O) groups excluding carboxylic acids is 2. The summed E-state index contributed by atoms with van der Waals surface area (Å²) in [5.74, 6) is -1.57. The molecule has 1 N–H and O–H groups in total. The fourth-order valence-electron chi connectivity index (χ4n) is 1.46. The molecule has 0 aliphatic carbocycles. The molecule has 0 aliphatic heterocycles. The lowest BCUT2D eigenvalue weighted by Crippen LogP contribution is -2.37. The number of benzene rings is 1. The zero-order valence-electron chi connectivity index (χ0n) is 12.0. The average molecular weight is 295 g/mol. The molecule has 6 heteroatoms. The number of amides is 1. The lowest BCUT2D eigenvalue weighted by molar-refractivity contribution is -0.150. The van der Waals surface area contributed by atoms with Crippen molar-refractivity contribution in [1.82, 2.24) is 5.32 Å². The summed E-state index contributed by atoms with van der Waals surface area (Å²) in [6.45, 7) is 2.17. The molecule has 0 aliphatic rings. The van der Waals surface area contributed by atoms with Gasteiger partial charge in [0.15, 0.2) is 6.10 Å². The van der Waals surface area contributed by atoms with Crippen LogP contribution in [0.2, 0.25) is 0 Å². The monoisotopic (exact) mass is 295 g/mol. The maximum absolute atomic E-state index is 13.3. The lowest BCUT2D eigenvalue weighted by Gasteiger charge is -2.11. The molecule has 114 valence electrons. The maximum Gasteiger partial charge on any atom is 0.331 e. The van der Waals surface area contributed by atoms with Gasteiger partial charge in [0.25, 0.3) is 5.91 Å². The van der Waals surface area contributed by atoms with E-state index in [2.05, 4.69) is 5.32 Å². The first-order valence-corrected chi connectivity index (χ1v) is 6.44. The lowest BCUT2D eigenvalue weighted by atomic mass is 10.2. The number of ether oxygens (including phenoxy) is 2. The molecule has 1 rings (SSSR count). The molecular weight excluding hydrogens is 277 g/mol. The second-order valence-corrected chi connectivity index (χ2v) is 4.22. The Morgan fingerprint density at radius 3 is 2.76 bits per heavy atom. The topological polar surface area (TPSA) is 64.6 Å². The van der Waals surface area contributed by atoms with E-state index < -0.39 is 23.8 Å². The highest BCUT2D eigenvalue weighted by Gasteiger charge is 2.15. The van der Waals surface area contributed by atoms with Gasteiger partial charge in [-0.1, -0.05) is 18.2 Å². The van der Waals surface area contributed by atoms with Crippen LogP contribution in [0.15, 0.2) is 30.3 Å². The summed E-state index contributed by atoms with van der Waals surface area (Å²) in [5.41, 5.74) is 0.270. The summed E-state index contributed by atoms with van der Waals surface area (Å²) in [5, 5.41) is 2.55. The second kappa shape index (κ2) is 8.86. The first-order chi connectivity index (χ1) is 10.0. The number of hydrogen-bond acceptors (Lipinski definition) is 4. The largest absolute Gasteiger partial charge is 0.449 e. The summed E-state index contributed by atoms with van der Waals surface area (Å²) in [6, 6.07) is 6.02. The van der Waals surface area contributed by atoms with E-state index in [9.17, 15) is 14.0 Å². The van der Waals surface area contributed by atoms with Gasteiger partial charge in [-0.05, 0) is 19.1 Å². The van der Waals surface area contributed by atoms with Gasteiger partial charge in [0.2, 0.25) is 0 Å². The summed E-state index contributed by atoms with van der Waals surface area (Å²) >= 11 is 0. The van der Waals surface area contributed by atoms with Crippen LogP contribution >= 0.6 is 0 Å². The van der Waals surface area contributed by atoms with Crippen LogP contribution in [0.4, 0.5) is 4.39 Å². The number of esters is 1. The molecule has 21 heavy (non-hydrogen) atoms. The third-order valence-electron chi connectivity index (χ3n) is 2.57. The number of carbonyl (C=O) groups is 2. The van der Waals surface area contributed by atoms with E-state index in [1.807, 2.05) is 0 Å². The van der Waals surface area contributed by atoms with Gasteiger partial charge in [0.05, 0.1) is 6.61 Å². The normalized spacial score (nSPS) is 12.1. The Morgan fingerprint density at radius 1 is 1.38 bits per heavy atom. The van der Waals surface area contributed by atoms with E-state index in [1.54, 1.807) is 12.1 Å². The van der Waals surface area contributed by atoms with Crippen molar-refractivity contribution in [3.8, 4) is 0 Å². The number of hydrogen-bond donors (Lipinski definition) is 1. The predicted molar refractivity (Wildman–Crippen MR) is 75.9 cm³/mol. The molecule has 1 aromatic rings. The van der Waals surface area contributed by atoms with Gasteiger partial charge >= 0.3 is 5.97 Å². The van der Waals surface area contributed by atoms with Crippen LogP contribution in [0.3, 0.4) is 0 Å². The molecule has 5 nitrogen and oxygen atoms in total. The highest BCUT2D eigenvalue weighted by molar-refractivity contribution is 5.90. The van der Waals surface area contributed by atoms with Crippen molar-refractivity contribution in [3.05, 3.63) is 41.7 Å². The molecule has 0 fully saturated rings. The van der Waals surface area contributed by atoms with Crippen molar-refractivity contribution in [2.75, 3.05) is 20.3 Å². The van der Waals surface area contributed by atoms with Crippen molar-refractivity contribution in [2.45, 2.75) is 13.0 Å². The fraction of sp³-hybridized carbons (Fsp3) is 0.333. The quantitative estimate of drug-likeness (QED) is 0.471. The Bertz CT molecular complexity index is 516. The van der Waals surface area contributed by atoms with Gasteiger partial charge in [-0.15, -0.1) is 0 Å². The Labute approximate surface area is 122 Å². The molecule has 0 bridgehead atoms. The second-order valence-electron chi connectivity index (χ2n) is 4.22. The summed E-state index contributed by atoms with van der Waals surface area (Å²) in [4.78, 5) is 23.1. The van der Waals surface area contributed by atoms with E-state index in [4.69, 9.17) is 9.47 Å². The number of nitrogens with one attached hydrogen (secondary N) is 1. The first-order valence-electron chi connectivity index (χ1n) is 6.44. The van der Waals surface area contributed by atoms with Crippen molar-refractivity contribution in [2.24, 2.45) is 0 Å². The smallest absolute Gasteiger partial charge is 0.331 e. The zero-order chi connectivity index (χ0) is 15.7. The molecule has 0 radical (unpaired) electrons. The Balaban J connectivity index is 2.46. The summed E-state index contributed by atoms with van der Waals surface area (Å²) in [7, 11) is 1.52. The Hall–Kier alpha value is -2.21. The van der Waals surface area contributed by atoms with Crippen LogP contribution in [-0.4, -0.2) is 38.2 Å². The molecule has 0 spiro atoms. The predicted octanol–water partition coefficient (Wildman–Crippen LogP) is 1.53. The highest BCUT2D eigenvalue weighted by Crippen LogP contribution is 2.08. The summed E-state index contributed by atoms with van der Waals surface area (Å²) < 4.78 is 23.0. The fourth-order valence-corrected chi connectivity index (χ4v) is 1.46. The molecule has 0 saturated carbocycles. The average Bonchev–Trinajstić information content (AvgIpc) is 2.46. The van der Waals surface area contributed by atoms with Crippen LogP contribution in [-0.2, 0) is 19.1 Å². The minimum absolute atomic E-state index is 0.270. The first kappa shape index (κ1) is 16.8. The van der Waals surface area contributed by atoms with Crippen LogP contribution in [0.25, 0.3) is 6.08 Å². The van der Waals surface area contributed by atoms with Gasteiger partial charge in [-0.25, -0.2) is 9.18 Å². The van der Waals surface area contributed by atoms with Gasteiger partial charge in [-0.3, -0.25) is 4.79 Å². The van der Waals surface area contributed by atoms with E-state index in [0.29, 0.717) is 13.2 Å². The third-order valence-corrected chi connectivity index (χ3v) is 2.57. The molecule has 0 unspecified atom stereocenters. The molecule has 0 aromatic heterocycles. The van der Waals surface area contributed by atoms with Crippen LogP contribution in [0.5, 0.6) is 0 Å². The number of rotatable bonds is 7. The SMILES string of the molecule is COCCNC(=O)[C@@H](C)OC(=O)/C=C/c1ccccc1F. The van der Waals surface area contributed by atoms with E-state index in [-0.39, 0.29) is 5.56 Å². The standard InChI is InChI=1S/C15H18FNO4/c1-11(15(19)17-9-10-20-2)21-14(18)8-7-12-5-3-4-6-13(12)16/h3-8,11H,9-10H2,1-2H3,(H,17,19)/b8-7+/t11-/m1/s1. The Kier molecular flexibility index (Phi) is 7.11. The number of halogens is 1. The maximum atomic E-state index is 13.3. The van der Waals surface area contributed by atoms with Crippen LogP contribution < -0.4 is 5.32 Å². The van der Waals surface area contributed by atoms with Crippen molar-refractivity contribution in [3.63, 3.8) is 0 Å². The molecule has 1 atom stereocenters. The van der Waals surface area contributed by atoms with Crippen molar-refractivity contribution in [1.29, 1.82) is 0 Å². The van der Waals surface area contributed by atoms with E-state index >= 15 is 0 Å². The van der Waals surface area contributed by atoms with Gasteiger partial charge < -0.3 is 14.8 Å². The minimum Gasteiger partial charge on any atom is -0.449 e. The Morgan fingerprint density at radius 2 is 2.10 bits per heavy atom. The molecule has 1 amide bonds. The molecule has 0 heterocycles. The van der Waals surface area contributed by atoms with E-state index in [0.717, 1.165) is 6.08 Å². The third kappa shape index (κ3) is 6.18. The molecule has 1 aromatic carbocycles. The zero-order valence-corrected chi connectivity index (χ0v) is 12.0. The van der Waals surface area contributed by atoms with Gasteiger partial charge in [0, 0.05) is 25.3 Å².